The number of hydrogen-bond acceptors (Lipinski definition) is 5. The van der Waals surface area contributed by atoms with Gasteiger partial charge in [0.2, 0.25) is 5.82 Å². The molecule has 1 fully saturated rings. The summed E-state index contributed by atoms with van der Waals surface area (Å²) in [7, 11) is 1.99. The summed E-state index contributed by atoms with van der Waals surface area (Å²) in [5, 5.41) is 4.84. The highest BCUT2D eigenvalue weighted by Crippen LogP contribution is 2.32. The Bertz CT molecular complexity index is 929. The molecule has 1 aromatic carbocycles. The van der Waals surface area contributed by atoms with E-state index >= 15 is 0 Å². The van der Waals surface area contributed by atoms with E-state index in [4.69, 9.17) is 0 Å². The zero-order valence-corrected chi connectivity index (χ0v) is 14.8. The highest BCUT2D eigenvalue weighted by molar-refractivity contribution is 5.87. The van der Waals surface area contributed by atoms with Crippen molar-refractivity contribution in [3.05, 3.63) is 47.9 Å². The fourth-order valence-electron chi connectivity index (χ4n) is 3.20. The van der Waals surface area contributed by atoms with Crippen molar-refractivity contribution in [1.29, 1.82) is 0 Å². The van der Waals surface area contributed by atoms with Gasteiger partial charge in [-0.1, -0.05) is 30.3 Å². The molecule has 9 heteroatoms. The Morgan fingerprint density at radius 2 is 1.70 bits per heavy atom. The summed E-state index contributed by atoms with van der Waals surface area (Å²) in [6.07, 6.45) is -3.05. The number of nitrogens with zero attached hydrogens (tertiary/aromatic N) is 6. The molecule has 0 bridgehead atoms. The summed E-state index contributed by atoms with van der Waals surface area (Å²) in [6, 6.07) is 9.46. The van der Waals surface area contributed by atoms with Crippen molar-refractivity contribution in [3.63, 3.8) is 0 Å². The van der Waals surface area contributed by atoms with E-state index in [0.717, 1.165) is 18.7 Å². The van der Waals surface area contributed by atoms with Crippen LogP contribution in [-0.4, -0.2) is 57.9 Å². The van der Waals surface area contributed by atoms with Crippen LogP contribution in [0.15, 0.2) is 36.5 Å². The number of aromatic nitrogens is 4. The number of piperazine rings is 1. The van der Waals surface area contributed by atoms with Crippen molar-refractivity contribution < 1.29 is 13.2 Å². The molecule has 1 saturated heterocycles. The molecule has 0 amide bonds. The summed E-state index contributed by atoms with van der Waals surface area (Å²) in [5.41, 5.74) is 1.14. The van der Waals surface area contributed by atoms with Crippen LogP contribution in [0.3, 0.4) is 0 Å². The quantitative estimate of drug-likeness (QED) is 0.703. The normalized spacial score (nSPS) is 16.2. The summed E-state index contributed by atoms with van der Waals surface area (Å²) in [4.78, 5) is 11.7. The van der Waals surface area contributed by atoms with E-state index in [1.807, 2.05) is 42.3 Å². The SMILES string of the molecule is CN1CCN(c2nc(C(F)(F)F)nc3c2cnn3Cc2ccccc2)CC1. The highest BCUT2D eigenvalue weighted by atomic mass is 19.4. The molecule has 3 aromatic rings. The van der Waals surface area contributed by atoms with Gasteiger partial charge in [-0.2, -0.15) is 18.3 Å². The van der Waals surface area contributed by atoms with Crippen molar-refractivity contribution in [1.82, 2.24) is 24.6 Å². The first kappa shape index (κ1) is 17.7. The summed E-state index contributed by atoms with van der Waals surface area (Å²) < 4.78 is 41.7. The van der Waals surface area contributed by atoms with E-state index in [0.29, 0.717) is 30.8 Å². The van der Waals surface area contributed by atoms with Crippen LogP contribution in [0.1, 0.15) is 11.4 Å². The molecule has 142 valence electrons. The van der Waals surface area contributed by atoms with Crippen molar-refractivity contribution in [2.75, 3.05) is 38.1 Å². The molecule has 0 radical (unpaired) electrons. The van der Waals surface area contributed by atoms with Gasteiger partial charge in [0.25, 0.3) is 0 Å². The molecular formula is C18H19F3N6. The van der Waals surface area contributed by atoms with Crippen molar-refractivity contribution >= 4 is 16.9 Å². The van der Waals surface area contributed by atoms with Gasteiger partial charge in [-0.25, -0.2) is 14.6 Å². The molecule has 2 aromatic heterocycles. The molecule has 4 rings (SSSR count). The molecule has 0 aliphatic carbocycles. The maximum Gasteiger partial charge on any atom is 0.451 e. The second-order valence-electron chi connectivity index (χ2n) is 6.68. The Kier molecular flexibility index (Phi) is 4.47. The topological polar surface area (TPSA) is 50.1 Å². The number of alkyl halides is 3. The molecule has 3 heterocycles. The molecule has 0 saturated carbocycles. The Balaban J connectivity index is 1.80. The predicted molar refractivity (Wildman–Crippen MR) is 95.6 cm³/mol. The summed E-state index contributed by atoms with van der Waals surface area (Å²) >= 11 is 0. The average Bonchev–Trinajstić information content (AvgIpc) is 3.05. The summed E-state index contributed by atoms with van der Waals surface area (Å²) in [5.74, 6) is -0.821. The van der Waals surface area contributed by atoms with Crippen molar-refractivity contribution in [2.45, 2.75) is 12.7 Å². The lowest BCUT2D eigenvalue weighted by molar-refractivity contribution is -0.144. The zero-order chi connectivity index (χ0) is 19.0. The molecule has 0 atom stereocenters. The van der Waals surface area contributed by atoms with E-state index in [-0.39, 0.29) is 5.65 Å². The molecule has 6 nitrogen and oxygen atoms in total. The van der Waals surface area contributed by atoms with Crippen LogP contribution >= 0.6 is 0 Å². The Morgan fingerprint density at radius 3 is 2.37 bits per heavy atom. The van der Waals surface area contributed by atoms with E-state index in [2.05, 4.69) is 20.0 Å². The van der Waals surface area contributed by atoms with E-state index < -0.39 is 12.0 Å². The Morgan fingerprint density at radius 1 is 1.00 bits per heavy atom. The number of halogens is 3. The Hall–Kier alpha value is -2.68. The van der Waals surface area contributed by atoms with Gasteiger partial charge in [0.15, 0.2) is 5.65 Å². The maximum absolute atomic E-state index is 13.4. The maximum atomic E-state index is 13.4. The van der Waals surface area contributed by atoms with Gasteiger partial charge in [-0.05, 0) is 12.6 Å². The first-order chi connectivity index (χ1) is 12.9. The molecular weight excluding hydrogens is 357 g/mol. The fourth-order valence-corrected chi connectivity index (χ4v) is 3.20. The lowest BCUT2D eigenvalue weighted by Gasteiger charge is -2.33. The van der Waals surface area contributed by atoms with Crippen LogP contribution in [0.5, 0.6) is 0 Å². The monoisotopic (exact) mass is 376 g/mol. The first-order valence-electron chi connectivity index (χ1n) is 8.70. The number of likely N-dealkylation sites (N-methyl/N-ethyl adjacent to an activating group) is 1. The second-order valence-corrected chi connectivity index (χ2v) is 6.68. The third-order valence-electron chi connectivity index (χ3n) is 4.71. The number of hydrogen-bond donors (Lipinski definition) is 0. The lowest BCUT2D eigenvalue weighted by atomic mass is 10.2. The van der Waals surface area contributed by atoms with Gasteiger partial charge in [0, 0.05) is 26.2 Å². The van der Waals surface area contributed by atoms with Crippen molar-refractivity contribution in [2.24, 2.45) is 0 Å². The minimum absolute atomic E-state index is 0.204. The average molecular weight is 376 g/mol. The number of fused-ring (bicyclic) bond motifs is 1. The van der Waals surface area contributed by atoms with Gasteiger partial charge in [-0.3, -0.25) is 0 Å². The Labute approximate surface area is 154 Å². The van der Waals surface area contributed by atoms with Crippen LogP contribution in [0.2, 0.25) is 0 Å². The lowest BCUT2D eigenvalue weighted by Crippen LogP contribution is -2.45. The van der Waals surface area contributed by atoms with Gasteiger partial charge in [0.1, 0.15) is 5.82 Å². The second kappa shape index (κ2) is 6.80. The van der Waals surface area contributed by atoms with Gasteiger partial charge >= 0.3 is 6.18 Å². The smallest absolute Gasteiger partial charge is 0.353 e. The third kappa shape index (κ3) is 3.59. The fraction of sp³-hybridized carbons (Fsp3) is 0.389. The number of anilines is 1. The molecule has 0 spiro atoms. The molecule has 27 heavy (non-hydrogen) atoms. The van der Waals surface area contributed by atoms with Crippen LogP contribution in [0.4, 0.5) is 19.0 Å². The van der Waals surface area contributed by atoms with Crippen LogP contribution in [-0.2, 0) is 12.7 Å². The van der Waals surface area contributed by atoms with E-state index in [1.54, 1.807) is 6.20 Å². The van der Waals surface area contributed by atoms with E-state index in [1.165, 1.54) is 4.68 Å². The van der Waals surface area contributed by atoms with Gasteiger partial charge < -0.3 is 9.80 Å². The van der Waals surface area contributed by atoms with Crippen LogP contribution in [0, 0.1) is 0 Å². The zero-order valence-electron chi connectivity index (χ0n) is 14.8. The standard InChI is InChI=1S/C18H19F3N6/c1-25-7-9-26(10-8-25)15-14-11-22-27(12-13-5-3-2-4-6-13)16(14)24-17(23-15)18(19,20)21/h2-6,11H,7-10,12H2,1H3. The minimum Gasteiger partial charge on any atom is -0.353 e. The number of benzene rings is 1. The molecule has 1 aliphatic heterocycles. The van der Waals surface area contributed by atoms with E-state index in [9.17, 15) is 13.2 Å². The molecule has 1 aliphatic rings. The van der Waals surface area contributed by atoms with Crippen LogP contribution in [0.25, 0.3) is 11.0 Å². The highest BCUT2D eigenvalue weighted by Gasteiger charge is 2.37. The summed E-state index contributed by atoms with van der Waals surface area (Å²) in [6.45, 7) is 3.12. The largest absolute Gasteiger partial charge is 0.451 e. The third-order valence-corrected chi connectivity index (χ3v) is 4.71. The first-order valence-corrected chi connectivity index (χ1v) is 8.70. The van der Waals surface area contributed by atoms with Gasteiger partial charge in [-0.15, -0.1) is 0 Å². The predicted octanol–water partition coefficient (Wildman–Crippen LogP) is 2.65. The van der Waals surface area contributed by atoms with Crippen molar-refractivity contribution in [3.8, 4) is 0 Å². The molecule has 0 unspecified atom stereocenters. The minimum atomic E-state index is -4.61. The number of rotatable bonds is 3. The van der Waals surface area contributed by atoms with Gasteiger partial charge in [0.05, 0.1) is 18.1 Å². The molecule has 0 N–H and O–H groups in total. The van der Waals surface area contributed by atoms with Crippen LogP contribution < -0.4 is 4.90 Å².